The maximum absolute atomic E-state index is 3.77. The van der Waals surface area contributed by atoms with E-state index in [0.717, 1.165) is 24.4 Å². The van der Waals surface area contributed by atoms with Crippen LogP contribution in [0.3, 0.4) is 0 Å². The highest BCUT2D eigenvalue weighted by Crippen LogP contribution is 2.31. The molecule has 0 aliphatic heterocycles. The Bertz CT molecular complexity index is 214. The molecule has 1 heteroatoms. The van der Waals surface area contributed by atoms with E-state index in [0.29, 0.717) is 0 Å². The van der Waals surface area contributed by atoms with Gasteiger partial charge in [0.05, 0.1) is 0 Å². The minimum Gasteiger partial charge on any atom is -0.314 e. The maximum atomic E-state index is 3.77. The molecule has 1 atom stereocenters. The van der Waals surface area contributed by atoms with Crippen molar-refractivity contribution in [3.05, 3.63) is 0 Å². The molecule has 0 aromatic heterocycles. The summed E-state index contributed by atoms with van der Waals surface area (Å²) in [6.07, 6.45) is 19.4. The van der Waals surface area contributed by atoms with Crippen LogP contribution in [0.1, 0.15) is 90.4 Å². The number of rotatable bonds is 7. The molecule has 2 fully saturated rings. The molecule has 0 heterocycles. The van der Waals surface area contributed by atoms with Gasteiger partial charge in [-0.25, -0.2) is 0 Å². The second kappa shape index (κ2) is 9.00. The van der Waals surface area contributed by atoms with Crippen molar-refractivity contribution in [1.82, 2.24) is 5.32 Å². The molecule has 0 spiro atoms. The second-order valence-corrected chi connectivity index (χ2v) is 7.08. The van der Waals surface area contributed by atoms with Gasteiger partial charge in [-0.05, 0) is 37.6 Å². The third kappa shape index (κ3) is 5.85. The van der Waals surface area contributed by atoms with Crippen molar-refractivity contribution in [3.8, 4) is 0 Å². The van der Waals surface area contributed by atoms with E-state index in [1.54, 1.807) is 0 Å². The second-order valence-electron chi connectivity index (χ2n) is 7.08. The molecule has 0 aromatic carbocycles. The van der Waals surface area contributed by atoms with Crippen molar-refractivity contribution in [3.63, 3.8) is 0 Å². The van der Waals surface area contributed by atoms with Gasteiger partial charge < -0.3 is 5.32 Å². The van der Waals surface area contributed by atoms with Crippen molar-refractivity contribution in [2.45, 2.75) is 96.4 Å². The van der Waals surface area contributed by atoms with Crippen molar-refractivity contribution in [2.24, 2.45) is 11.8 Å². The first kappa shape index (κ1) is 15.4. The molecule has 0 amide bonds. The molecule has 2 aliphatic carbocycles. The number of hydrogen-bond donors (Lipinski definition) is 1. The van der Waals surface area contributed by atoms with Gasteiger partial charge in [0, 0.05) is 6.04 Å². The number of nitrogens with one attached hydrogen (secondary N) is 1. The SMILES string of the molecule is CCNC(CCC1CCCCC1)CC1CCCCC1. The van der Waals surface area contributed by atoms with Gasteiger partial charge in [-0.15, -0.1) is 0 Å². The largest absolute Gasteiger partial charge is 0.314 e. The lowest BCUT2D eigenvalue weighted by Gasteiger charge is -2.29. The van der Waals surface area contributed by atoms with Gasteiger partial charge in [0.15, 0.2) is 0 Å². The topological polar surface area (TPSA) is 12.0 Å². The van der Waals surface area contributed by atoms with Crippen LogP contribution in [0.4, 0.5) is 0 Å². The van der Waals surface area contributed by atoms with Gasteiger partial charge in [0.2, 0.25) is 0 Å². The van der Waals surface area contributed by atoms with E-state index >= 15 is 0 Å². The third-order valence-corrected chi connectivity index (χ3v) is 5.48. The normalized spacial score (nSPS) is 24.5. The van der Waals surface area contributed by atoms with Crippen molar-refractivity contribution >= 4 is 0 Å². The van der Waals surface area contributed by atoms with Gasteiger partial charge in [-0.2, -0.15) is 0 Å². The molecule has 1 unspecified atom stereocenters. The summed E-state index contributed by atoms with van der Waals surface area (Å²) in [5, 5.41) is 3.77. The fourth-order valence-corrected chi connectivity index (χ4v) is 4.33. The summed E-state index contributed by atoms with van der Waals surface area (Å²) >= 11 is 0. The van der Waals surface area contributed by atoms with E-state index in [-0.39, 0.29) is 0 Å². The predicted molar refractivity (Wildman–Crippen MR) is 84.5 cm³/mol. The zero-order valence-electron chi connectivity index (χ0n) is 13.1. The Labute approximate surface area is 120 Å². The molecule has 2 aliphatic rings. The fourth-order valence-electron chi connectivity index (χ4n) is 4.33. The quantitative estimate of drug-likeness (QED) is 0.659. The van der Waals surface area contributed by atoms with E-state index in [1.807, 2.05) is 0 Å². The summed E-state index contributed by atoms with van der Waals surface area (Å²) in [6.45, 7) is 3.43. The standard InChI is InChI=1S/C18H35N/c1-2-19-18(15-17-11-7-4-8-12-17)14-13-16-9-5-3-6-10-16/h16-19H,2-15H2,1H3. The van der Waals surface area contributed by atoms with Crippen molar-refractivity contribution < 1.29 is 0 Å². The van der Waals surface area contributed by atoms with Gasteiger partial charge >= 0.3 is 0 Å². The first-order valence-electron chi connectivity index (χ1n) is 9.12. The Kier molecular flexibility index (Phi) is 7.27. The Balaban J connectivity index is 1.68. The summed E-state index contributed by atoms with van der Waals surface area (Å²) in [4.78, 5) is 0. The molecule has 2 saturated carbocycles. The zero-order valence-corrected chi connectivity index (χ0v) is 13.1. The third-order valence-electron chi connectivity index (χ3n) is 5.48. The molecule has 0 radical (unpaired) electrons. The Hall–Kier alpha value is -0.0400. The molecular weight excluding hydrogens is 230 g/mol. The van der Waals surface area contributed by atoms with Crippen molar-refractivity contribution in [2.75, 3.05) is 6.54 Å². The summed E-state index contributed by atoms with van der Waals surface area (Å²) < 4.78 is 0. The first-order chi connectivity index (χ1) is 9.38. The zero-order chi connectivity index (χ0) is 13.3. The molecule has 2 rings (SSSR count). The van der Waals surface area contributed by atoms with E-state index in [1.165, 1.54) is 83.5 Å². The molecule has 1 N–H and O–H groups in total. The lowest BCUT2D eigenvalue weighted by Crippen LogP contribution is -2.32. The highest BCUT2D eigenvalue weighted by Gasteiger charge is 2.20. The summed E-state index contributed by atoms with van der Waals surface area (Å²) in [7, 11) is 0. The average molecular weight is 265 g/mol. The average Bonchev–Trinajstić information content (AvgIpc) is 2.47. The van der Waals surface area contributed by atoms with Gasteiger partial charge in [0.1, 0.15) is 0 Å². The fraction of sp³-hybridized carbons (Fsp3) is 1.00. The molecule has 0 bridgehead atoms. The monoisotopic (exact) mass is 265 g/mol. The van der Waals surface area contributed by atoms with Crippen LogP contribution in [0.25, 0.3) is 0 Å². The van der Waals surface area contributed by atoms with E-state index in [9.17, 15) is 0 Å². The summed E-state index contributed by atoms with van der Waals surface area (Å²) in [5.41, 5.74) is 0. The van der Waals surface area contributed by atoms with Crippen LogP contribution in [0.5, 0.6) is 0 Å². The first-order valence-corrected chi connectivity index (χ1v) is 9.12. The van der Waals surface area contributed by atoms with E-state index in [4.69, 9.17) is 0 Å². The van der Waals surface area contributed by atoms with E-state index in [2.05, 4.69) is 12.2 Å². The van der Waals surface area contributed by atoms with Crippen LogP contribution in [-0.4, -0.2) is 12.6 Å². The van der Waals surface area contributed by atoms with Crippen LogP contribution < -0.4 is 5.32 Å². The molecule has 1 nitrogen and oxygen atoms in total. The predicted octanol–water partition coefficient (Wildman–Crippen LogP) is 5.30. The Morgan fingerprint density at radius 3 is 2.00 bits per heavy atom. The number of hydrogen-bond acceptors (Lipinski definition) is 1. The molecule has 0 saturated heterocycles. The van der Waals surface area contributed by atoms with Gasteiger partial charge in [0.25, 0.3) is 0 Å². The molecule has 0 aromatic rings. The van der Waals surface area contributed by atoms with Crippen LogP contribution >= 0.6 is 0 Å². The van der Waals surface area contributed by atoms with E-state index < -0.39 is 0 Å². The summed E-state index contributed by atoms with van der Waals surface area (Å²) in [6, 6.07) is 0.815. The van der Waals surface area contributed by atoms with Gasteiger partial charge in [-0.3, -0.25) is 0 Å². The molecule has 19 heavy (non-hydrogen) atoms. The summed E-state index contributed by atoms with van der Waals surface area (Å²) in [5.74, 6) is 2.09. The van der Waals surface area contributed by atoms with Crippen LogP contribution in [0.15, 0.2) is 0 Å². The minimum absolute atomic E-state index is 0.815. The minimum atomic E-state index is 0.815. The van der Waals surface area contributed by atoms with Gasteiger partial charge in [-0.1, -0.05) is 71.1 Å². The Morgan fingerprint density at radius 2 is 1.42 bits per heavy atom. The molecule has 112 valence electrons. The smallest absolute Gasteiger partial charge is 0.00696 e. The Morgan fingerprint density at radius 1 is 0.842 bits per heavy atom. The van der Waals surface area contributed by atoms with Crippen LogP contribution in [0.2, 0.25) is 0 Å². The van der Waals surface area contributed by atoms with Crippen LogP contribution in [0, 0.1) is 11.8 Å². The van der Waals surface area contributed by atoms with Crippen LogP contribution in [-0.2, 0) is 0 Å². The molecular formula is C18H35N. The maximum Gasteiger partial charge on any atom is 0.00696 e. The lowest BCUT2D eigenvalue weighted by atomic mass is 9.81. The highest BCUT2D eigenvalue weighted by atomic mass is 14.9. The highest BCUT2D eigenvalue weighted by molar-refractivity contribution is 4.76. The van der Waals surface area contributed by atoms with Crippen molar-refractivity contribution in [1.29, 1.82) is 0 Å². The lowest BCUT2D eigenvalue weighted by molar-refractivity contribution is 0.267.